The number of nitrogens with zero attached hydrogens (tertiary/aromatic N) is 2. The van der Waals surface area contributed by atoms with Crippen LogP contribution in [0.5, 0.6) is 0 Å². The Kier molecular flexibility index (Phi) is 5.31. The van der Waals surface area contributed by atoms with Crippen molar-refractivity contribution in [2.75, 3.05) is 5.32 Å². The van der Waals surface area contributed by atoms with Crippen LogP contribution in [-0.4, -0.2) is 38.7 Å². The van der Waals surface area contributed by atoms with Gasteiger partial charge in [-0.3, -0.25) is 19.1 Å². The molecule has 0 aliphatic carbocycles. The first-order valence-electron chi connectivity index (χ1n) is 7.32. The highest BCUT2D eigenvalue weighted by Crippen LogP contribution is 2.09. The topological polar surface area (TPSA) is 113 Å². The average Bonchev–Trinajstić information content (AvgIpc) is 2.92. The number of amides is 2. The SMILES string of the molecule is CC(C)NC(=O)c1ccc(C(=O)Nc2ccn(CC(=O)O)n2)cc1. The number of nitrogens with one attached hydrogen (secondary N) is 2. The number of benzene rings is 1. The van der Waals surface area contributed by atoms with Crippen molar-refractivity contribution >= 4 is 23.6 Å². The predicted molar refractivity (Wildman–Crippen MR) is 86.9 cm³/mol. The maximum atomic E-state index is 12.1. The van der Waals surface area contributed by atoms with Crippen molar-refractivity contribution in [1.82, 2.24) is 15.1 Å². The standard InChI is InChI=1S/C16H18N4O4/c1-10(2)17-15(23)11-3-5-12(6-4-11)16(24)18-13-7-8-20(19-13)9-14(21)22/h3-8,10H,9H2,1-2H3,(H,17,23)(H,21,22)(H,18,19,24). The maximum Gasteiger partial charge on any atom is 0.325 e. The molecule has 0 bridgehead atoms. The average molecular weight is 330 g/mol. The summed E-state index contributed by atoms with van der Waals surface area (Å²) in [4.78, 5) is 34.6. The van der Waals surface area contributed by atoms with Gasteiger partial charge in [0, 0.05) is 29.4 Å². The summed E-state index contributed by atoms with van der Waals surface area (Å²) >= 11 is 0. The number of anilines is 1. The van der Waals surface area contributed by atoms with E-state index in [1.165, 1.54) is 16.9 Å². The molecule has 8 heteroatoms. The molecule has 2 amide bonds. The van der Waals surface area contributed by atoms with Gasteiger partial charge < -0.3 is 15.7 Å². The number of carbonyl (C=O) groups is 3. The molecular weight excluding hydrogens is 312 g/mol. The minimum Gasteiger partial charge on any atom is -0.480 e. The number of carbonyl (C=O) groups excluding carboxylic acids is 2. The molecule has 0 fully saturated rings. The van der Waals surface area contributed by atoms with Crippen LogP contribution in [-0.2, 0) is 11.3 Å². The van der Waals surface area contributed by atoms with E-state index in [1.807, 2.05) is 13.8 Å². The van der Waals surface area contributed by atoms with Crippen molar-refractivity contribution in [1.29, 1.82) is 0 Å². The Morgan fingerprint density at radius 2 is 1.67 bits per heavy atom. The highest BCUT2D eigenvalue weighted by molar-refractivity contribution is 6.04. The number of aromatic nitrogens is 2. The molecule has 0 radical (unpaired) electrons. The van der Waals surface area contributed by atoms with E-state index in [1.54, 1.807) is 24.3 Å². The summed E-state index contributed by atoms with van der Waals surface area (Å²) in [6, 6.07) is 7.75. The smallest absolute Gasteiger partial charge is 0.325 e. The van der Waals surface area contributed by atoms with Crippen LogP contribution < -0.4 is 10.6 Å². The molecule has 0 aliphatic rings. The summed E-state index contributed by atoms with van der Waals surface area (Å²) in [6.07, 6.45) is 1.46. The van der Waals surface area contributed by atoms with E-state index in [0.717, 1.165) is 0 Å². The van der Waals surface area contributed by atoms with Gasteiger partial charge in [-0.2, -0.15) is 5.10 Å². The number of aliphatic carboxylic acids is 1. The Labute approximate surface area is 138 Å². The summed E-state index contributed by atoms with van der Waals surface area (Å²) in [6.45, 7) is 3.45. The molecule has 3 N–H and O–H groups in total. The van der Waals surface area contributed by atoms with Crippen LogP contribution in [0.4, 0.5) is 5.82 Å². The van der Waals surface area contributed by atoms with Gasteiger partial charge in [-0.25, -0.2) is 0 Å². The highest BCUT2D eigenvalue weighted by Gasteiger charge is 2.11. The second kappa shape index (κ2) is 7.40. The zero-order valence-electron chi connectivity index (χ0n) is 13.3. The van der Waals surface area contributed by atoms with Gasteiger partial charge in [0.15, 0.2) is 5.82 Å². The first kappa shape index (κ1) is 17.2. The molecule has 0 unspecified atom stereocenters. The number of carboxylic acid groups (broad SMARTS) is 1. The van der Waals surface area contributed by atoms with Gasteiger partial charge in [0.25, 0.3) is 11.8 Å². The van der Waals surface area contributed by atoms with E-state index >= 15 is 0 Å². The maximum absolute atomic E-state index is 12.1. The van der Waals surface area contributed by atoms with Crippen LogP contribution in [0.25, 0.3) is 0 Å². The summed E-state index contributed by atoms with van der Waals surface area (Å²) in [5.74, 6) is -1.37. The van der Waals surface area contributed by atoms with Gasteiger partial charge >= 0.3 is 5.97 Å². The molecule has 2 rings (SSSR count). The third-order valence-corrected chi connectivity index (χ3v) is 3.01. The van der Waals surface area contributed by atoms with E-state index in [9.17, 15) is 14.4 Å². The third kappa shape index (κ3) is 4.67. The molecule has 1 aromatic carbocycles. The Morgan fingerprint density at radius 1 is 1.08 bits per heavy atom. The Morgan fingerprint density at radius 3 is 2.21 bits per heavy atom. The van der Waals surface area contributed by atoms with Gasteiger partial charge in [0.05, 0.1) is 0 Å². The van der Waals surface area contributed by atoms with Crippen LogP contribution >= 0.6 is 0 Å². The summed E-state index contributed by atoms with van der Waals surface area (Å²) in [5.41, 5.74) is 0.829. The molecule has 0 aliphatic heterocycles. The fraction of sp³-hybridized carbons (Fsp3) is 0.250. The minimum absolute atomic E-state index is 0.0291. The number of hydrogen-bond acceptors (Lipinski definition) is 4. The quantitative estimate of drug-likeness (QED) is 0.740. The van der Waals surface area contributed by atoms with E-state index in [-0.39, 0.29) is 24.3 Å². The molecule has 8 nitrogen and oxygen atoms in total. The zero-order chi connectivity index (χ0) is 17.7. The first-order valence-corrected chi connectivity index (χ1v) is 7.32. The molecule has 0 saturated carbocycles. The minimum atomic E-state index is -1.02. The molecule has 0 atom stereocenters. The van der Waals surface area contributed by atoms with Crippen LogP contribution in [0, 0.1) is 0 Å². The Bertz CT molecular complexity index is 750. The van der Waals surface area contributed by atoms with Crippen molar-refractivity contribution in [2.45, 2.75) is 26.4 Å². The highest BCUT2D eigenvalue weighted by atomic mass is 16.4. The lowest BCUT2D eigenvalue weighted by Gasteiger charge is -2.08. The third-order valence-electron chi connectivity index (χ3n) is 3.01. The van der Waals surface area contributed by atoms with Crippen molar-refractivity contribution in [3.63, 3.8) is 0 Å². The summed E-state index contributed by atoms with van der Waals surface area (Å²) in [7, 11) is 0. The van der Waals surface area contributed by atoms with Gasteiger partial charge in [-0.1, -0.05) is 0 Å². The molecule has 1 heterocycles. The fourth-order valence-corrected chi connectivity index (χ4v) is 1.96. The lowest BCUT2D eigenvalue weighted by molar-refractivity contribution is -0.137. The van der Waals surface area contributed by atoms with Crippen molar-refractivity contribution in [3.8, 4) is 0 Å². The Balaban J connectivity index is 2.01. The number of carboxylic acids is 1. The molecule has 2 aromatic rings. The van der Waals surface area contributed by atoms with Crippen LogP contribution in [0.3, 0.4) is 0 Å². The second-order valence-corrected chi connectivity index (χ2v) is 5.45. The molecular formula is C16H18N4O4. The monoisotopic (exact) mass is 330 g/mol. The lowest BCUT2D eigenvalue weighted by atomic mass is 10.1. The molecule has 1 aromatic heterocycles. The van der Waals surface area contributed by atoms with Crippen LogP contribution in [0.1, 0.15) is 34.6 Å². The zero-order valence-corrected chi connectivity index (χ0v) is 13.3. The van der Waals surface area contributed by atoms with E-state index in [2.05, 4.69) is 15.7 Å². The summed E-state index contributed by atoms with van der Waals surface area (Å²) in [5, 5.41) is 17.9. The van der Waals surface area contributed by atoms with E-state index in [4.69, 9.17) is 5.11 Å². The first-order chi connectivity index (χ1) is 11.3. The summed E-state index contributed by atoms with van der Waals surface area (Å²) < 4.78 is 1.21. The van der Waals surface area contributed by atoms with Crippen LogP contribution in [0.2, 0.25) is 0 Å². The van der Waals surface area contributed by atoms with E-state index in [0.29, 0.717) is 11.1 Å². The van der Waals surface area contributed by atoms with Crippen LogP contribution in [0.15, 0.2) is 36.5 Å². The fourth-order valence-electron chi connectivity index (χ4n) is 1.96. The van der Waals surface area contributed by atoms with Gasteiger partial charge in [0.1, 0.15) is 6.54 Å². The van der Waals surface area contributed by atoms with Gasteiger partial charge in [-0.15, -0.1) is 0 Å². The lowest BCUT2D eigenvalue weighted by Crippen LogP contribution is -2.30. The molecule has 0 saturated heterocycles. The largest absolute Gasteiger partial charge is 0.480 e. The van der Waals surface area contributed by atoms with Crippen molar-refractivity contribution in [3.05, 3.63) is 47.7 Å². The van der Waals surface area contributed by atoms with Gasteiger partial charge in [0.2, 0.25) is 0 Å². The number of rotatable bonds is 6. The number of hydrogen-bond donors (Lipinski definition) is 3. The van der Waals surface area contributed by atoms with Crippen molar-refractivity contribution in [2.24, 2.45) is 0 Å². The predicted octanol–water partition coefficient (Wildman–Crippen LogP) is 1.36. The Hall–Kier alpha value is -3.16. The van der Waals surface area contributed by atoms with Crippen molar-refractivity contribution < 1.29 is 19.5 Å². The van der Waals surface area contributed by atoms with Gasteiger partial charge in [-0.05, 0) is 38.1 Å². The van der Waals surface area contributed by atoms with E-state index < -0.39 is 11.9 Å². The molecule has 0 spiro atoms. The normalized spacial score (nSPS) is 10.5. The second-order valence-electron chi connectivity index (χ2n) is 5.45. The molecule has 24 heavy (non-hydrogen) atoms. The molecule has 126 valence electrons.